The zero-order valence-corrected chi connectivity index (χ0v) is 5.32. The van der Waals surface area contributed by atoms with Gasteiger partial charge in [-0.3, -0.25) is 4.98 Å². The van der Waals surface area contributed by atoms with Gasteiger partial charge in [0.2, 0.25) is 0 Å². The van der Waals surface area contributed by atoms with E-state index in [1.165, 1.54) is 0 Å². The van der Waals surface area contributed by atoms with Gasteiger partial charge in [-0.1, -0.05) is 6.07 Å². The van der Waals surface area contributed by atoms with Gasteiger partial charge in [-0.2, -0.15) is 5.26 Å². The van der Waals surface area contributed by atoms with Crippen molar-refractivity contribution in [2.45, 2.75) is 6.61 Å². The molecule has 0 aliphatic heterocycles. The Bertz CT molecular complexity index is 227. The molecular weight excluding hydrogens is 128 g/mol. The van der Waals surface area contributed by atoms with Gasteiger partial charge < -0.3 is 4.74 Å². The fraction of sp³-hybridized carbons (Fsp3) is 0.143. The lowest BCUT2D eigenvalue weighted by Crippen LogP contribution is -1.86. The van der Waals surface area contributed by atoms with Crippen LogP contribution in [-0.2, 0) is 11.3 Å². The van der Waals surface area contributed by atoms with Gasteiger partial charge in [0.1, 0.15) is 6.61 Å². The molecule has 0 N–H and O–H groups in total. The lowest BCUT2D eigenvalue weighted by molar-refractivity contribution is 0.257. The van der Waals surface area contributed by atoms with Gasteiger partial charge in [0.05, 0.1) is 0 Å². The fourth-order valence-electron chi connectivity index (χ4n) is 0.599. The average molecular weight is 134 g/mol. The maximum atomic E-state index is 8.03. The van der Waals surface area contributed by atoms with Crippen LogP contribution in [0, 0.1) is 11.5 Å². The van der Waals surface area contributed by atoms with Crippen LogP contribution in [0.4, 0.5) is 0 Å². The standard InChI is InChI=1S/C7H6N2O/c8-6-10-5-7-2-1-3-9-4-7/h1-4H,5H2. The lowest BCUT2D eigenvalue weighted by atomic mass is 10.3. The Morgan fingerprint density at radius 1 is 1.70 bits per heavy atom. The number of hydrogen-bond acceptors (Lipinski definition) is 3. The highest BCUT2D eigenvalue weighted by Crippen LogP contribution is 1.96. The van der Waals surface area contributed by atoms with Crippen molar-refractivity contribution < 1.29 is 4.74 Å². The second-order valence-electron chi connectivity index (χ2n) is 1.74. The van der Waals surface area contributed by atoms with E-state index in [4.69, 9.17) is 5.26 Å². The molecule has 1 rings (SSSR count). The number of pyridine rings is 1. The van der Waals surface area contributed by atoms with Crippen LogP contribution >= 0.6 is 0 Å². The first-order valence-corrected chi connectivity index (χ1v) is 2.83. The molecule has 0 atom stereocenters. The van der Waals surface area contributed by atoms with Gasteiger partial charge in [-0.05, 0) is 6.07 Å². The monoisotopic (exact) mass is 134 g/mol. The minimum absolute atomic E-state index is 0.310. The second kappa shape index (κ2) is 3.46. The minimum atomic E-state index is 0.310. The Kier molecular flexibility index (Phi) is 2.27. The number of aromatic nitrogens is 1. The third-order valence-corrected chi connectivity index (χ3v) is 1.03. The van der Waals surface area contributed by atoms with Gasteiger partial charge in [-0.25, -0.2) is 0 Å². The summed E-state index contributed by atoms with van der Waals surface area (Å²) in [5.74, 6) is 0. The number of nitriles is 1. The Morgan fingerprint density at radius 3 is 3.20 bits per heavy atom. The summed E-state index contributed by atoms with van der Waals surface area (Å²) in [6.07, 6.45) is 4.93. The molecule has 3 heteroatoms. The molecular formula is C7H6N2O. The predicted molar refractivity (Wildman–Crippen MR) is 34.6 cm³/mol. The molecule has 1 heterocycles. The molecule has 0 amide bonds. The molecule has 0 fully saturated rings. The van der Waals surface area contributed by atoms with Crippen LogP contribution in [0.1, 0.15) is 5.56 Å². The van der Waals surface area contributed by atoms with Crippen molar-refractivity contribution in [2.75, 3.05) is 0 Å². The first-order chi connectivity index (χ1) is 4.93. The highest BCUT2D eigenvalue weighted by atomic mass is 16.5. The Hall–Kier alpha value is -1.56. The minimum Gasteiger partial charge on any atom is -0.423 e. The van der Waals surface area contributed by atoms with E-state index in [1.807, 2.05) is 6.07 Å². The summed E-state index contributed by atoms with van der Waals surface area (Å²) in [6, 6.07) is 3.65. The van der Waals surface area contributed by atoms with Crippen molar-refractivity contribution in [1.82, 2.24) is 4.98 Å². The third-order valence-electron chi connectivity index (χ3n) is 1.03. The van der Waals surface area contributed by atoms with Crippen LogP contribution in [0.15, 0.2) is 24.5 Å². The van der Waals surface area contributed by atoms with Crippen LogP contribution in [0.25, 0.3) is 0 Å². The van der Waals surface area contributed by atoms with E-state index < -0.39 is 0 Å². The molecule has 0 aliphatic carbocycles. The highest BCUT2D eigenvalue weighted by molar-refractivity contribution is 5.06. The maximum absolute atomic E-state index is 8.03. The van der Waals surface area contributed by atoms with E-state index in [-0.39, 0.29) is 0 Å². The molecule has 10 heavy (non-hydrogen) atoms. The summed E-state index contributed by atoms with van der Waals surface area (Å²) in [5.41, 5.74) is 0.907. The zero-order valence-electron chi connectivity index (χ0n) is 5.32. The molecule has 0 bridgehead atoms. The van der Waals surface area contributed by atoms with Crippen molar-refractivity contribution in [3.05, 3.63) is 30.1 Å². The molecule has 0 saturated heterocycles. The smallest absolute Gasteiger partial charge is 0.286 e. The summed E-state index contributed by atoms with van der Waals surface area (Å²) < 4.78 is 4.49. The Labute approximate surface area is 58.9 Å². The Morgan fingerprint density at radius 2 is 2.60 bits per heavy atom. The van der Waals surface area contributed by atoms with E-state index >= 15 is 0 Å². The van der Waals surface area contributed by atoms with Crippen molar-refractivity contribution in [3.8, 4) is 6.26 Å². The van der Waals surface area contributed by atoms with E-state index in [0.717, 1.165) is 5.56 Å². The molecule has 3 nitrogen and oxygen atoms in total. The second-order valence-corrected chi connectivity index (χ2v) is 1.74. The van der Waals surface area contributed by atoms with Gasteiger partial charge in [0.25, 0.3) is 6.26 Å². The molecule has 0 aromatic carbocycles. The van der Waals surface area contributed by atoms with Crippen LogP contribution in [0.2, 0.25) is 0 Å². The summed E-state index contributed by atoms with van der Waals surface area (Å²) in [4.78, 5) is 3.85. The van der Waals surface area contributed by atoms with E-state index in [9.17, 15) is 0 Å². The van der Waals surface area contributed by atoms with E-state index in [1.54, 1.807) is 24.7 Å². The van der Waals surface area contributed by atoms with Gasteiger partial charge in [0, 0.05) is 18.0 Å². The lowest BCUT2D eigenvalue weighted by Gasteiger charge is -1.93. The Balaban J connectivity index is 2.52. The molecule has 0 aliphatic rings. The predicted octanol–water partition coefficient (Wildman–Crippen LogP) is 1.08. The summed E-state index contributed by atoms with van der Waals surface area (Å²) in [7, 11) is 0. The molecule has 1 aromatic heterocycles. The SMILES string of the molecule is N#COCc1cccnc1. The number of hydrogen-bond donors (Lipinski definition) is 0. The molecule has 0 spiro atoms. The molecule has 0 saturated carbocycles. The van der Waals surface area contributed by atoms with Crippen molar-refractivity contribution in [2.24, 2.45) is 0 Å². The van der Waals surface area contributed by atoms with Crippen LogP contribution < -0.4 is 0 Å². The summed E-state index contributed by atoms with van der Waals surface area (Å²) in [6.45, 7) is 0.310. The maximum Gasteiger partial charge on any atom is 0.286 e. The van der Waals surface area contributed by atoms with Crippen LogP contribution in [0.3, 0.4) is 0 Å². The zero-order chi connectivity index (χ0) is 7.23. The summed E-state index contributed by atoms with van der Waals surface area (Å²) >= 11 is 0. The first-order valence-electron chi connectivity index (χ1n) is 2.83. The van der Waals surface area contributed by atoms with Gasteiger partial charge in [0.15, 0.2) is 0 Å². The van der Waals surface area contributed by atoms with Crippen LogP contribution in [0.5, 0.6) is 0 Å². The topological polar surface area (TPSA) is 45.9 Å². The highest BCUT2D eigenvalue weighted by Gasteiger charge is 1.88. The van der Waals surface area contributed by atoms with Crippen molar-refractivity contribution in [1.29, 1.82) is 5.26 Å². The van der Waals surface area contributed by atoms with E-state index in [2.05, 4.69) is 9.72 Å². The quantitative estimate of drug-likeness (QED) is 0.568. The van der Waals surface area contributed by atoms with Gasteiger partial charge in [-0.15, -0.1) is 0 Å². The number of ether oxygens (including phenoxy) is 1. The fourth-order valence-corrected chi connectivity index (χ4v) is 0.599. The summed E-state index contributed by atoms with van der Waals surface area (Å²) in [5, 5.41) is 8.03. The average Bonchev–Trinajstić information content (AvgIpc) is 2.03. The van der Waals surface area contributed by atoms with Crippen molar-refractivity contribution >= 4 is 0 Å². The van der Waals surface area contributed by atoms with Crippen molar-refractivity contribution in [3.63, 3.8) is 0 Å². The van der Waals surface area contributed by atoms with E-state index in [0.29, 0.717) is 6.61 Å². The largest absolute Gasteiger partial charge is 0.423 e. The normalized spacial score (nSPS) is 8.30. The molecule has 0 radical (unpaired) electrons. The first kappa shape index (κ1) is 6.56. The molecule has 1 aromatic rings. The molecule has 0 unspecified atom stereocenters. The molecule has 50 valence electrons. The number of rotatable bonds is 2. The third kappa shape index (κ3) is 1.75. The number of nitrogens with zero attached hydrogens (tertiary/aromatic N) is 2. The van der Waals surface area contributed by atoms with Crippen LogP contribution in [-0.4, -0.2) is 4.98 Å². The van der Waals surface area contributed by atoms with Gasteiger partial charge >= 0.3 is 0 Å².